The van der Waals surface area contributed by atoms with Crippen molar-refractivity contribution in [2.24, 2.45) is 4.99 Å². The average Bonchev–Trinajstić information content (AvgIpc) is 3.30. The number of halogens is 1. The van der Waals surface area contributed by atoms with Crippen molar-refractivity contribution in [1.82, 2.24) is 4.57 Å². The first kappa shape index (κ1) is 27.8. The van der Waals surface area contributed by atoms with Gasteiger partial charge in [-0.3, -0.25) is 9.36 Å². The van der Waals surface area contributed by atoms with E-state index in [4.69, 9.17) is 19.2 Å². The lowest BCUT2D eigenvalue weighted by atomic mass is 9.93. The number of ether oxygens (including phenoxy) is 3. The SMILES string of the molecule is C=CCOc1ccc(/C=c2\sc3n(c2=O)[C@@H](c2ccc(F)cc2)C(C(=O)OCC)=C(c2ccccc2)N=3)cc1OC. The molecule has 0 radical (unpaired) electrons. The summed E-state index contributed by atoms with van der Waals surface area (Å²) in [7, 11) is 1.54. The predicted octanol–water partition coefficient (Wildman–Crippen LogP) is 4.65. The number of aromatic nitrogens is 1. The van der Waals surface area contributed by atoms with E-state index in [1.807, 2.05) is 36.4 Å². The van der Waals surface area contributed by atoms with Crippen LogP contribution in [0.3, 0.4) is 0 Å². The minimum Gasteiger partial charge on any atom is -0.493 e. The molecule has 0 N–H and O–H groups in total. The van der Waals surface area contributed by atoms with Gasteiger partial charge in [0.2, 0.25) is 0 Å². The van der Waals surface area contributed by atoms with Crippen LogP contribution in [0.25, 0.3) is 11.8 Å². The van der Waals surface area contributed by atoms with Crippen LogP contribution in [-0.2, 0) is 9.53 Å². The van der Waals surface area contributed by atoms with Crippen LogP contribution in [0.4, 0.5) is 4.39 Å². The lowest BCUT2D eigenvalue weighted by Gasteiger charge is -2.25. The van der Waals surface area contributed by atoms with Gasteiger partial charge in [0.1, 0.15) is 12.4 Å². The van der Waals surface area contributed by atoms with Gasteiger partial charge in [-0.1, -0.05) is 72.5 Å². The molecule has 1 aliphatic heterocycles. The maximum atomic E-state index is 14.0. The second kappa shape index (κ2) is 12.2. The minimum atomic E-state index is -0.882. The molecule has 0 aliphatic carbocycles. The summed E-state index contributed by atoms with van der Waals surface area (Å²) in [6.45, 7) is 5.84. The van der Waals surface area contributed by atoms with Gasteiger partial charge >= 0.3 is 5.97 Å². The fourth-order valence-electron chi connectivity index (χ4n) is 4.59. The first-order valence-electron chi connectivity index (χ1n) is 12.9. The molecule has 0 bridgehead atoms. The molecule has 3 aromatic carbocycles. The zero-order chi connectivity index (χ0) is 28.9. The molecule has 41 heavy (non-hydrogen) atoms. The summed E-state index contributed by atoms with van der Waals surface area (Å²) in [5.41, 5.74) is 2.22. The molecule has 0 saturated heterocycles. The Morgan fingerprint density at radius 1 is 1.10 bits per heavy atom. The normalized spacial score (nSPS) is 14.7. The van der Waals surface area contributed by atoms with Crippen molar-refractivity contribution in [3.8, 4) is 11.5 Å². The van der Waals surface area contributed by atoms with Gasteiger partial charge in [0, 0.05) is 5.56 Å². The van der Waals surface area contributed by atoms with E-state index < -0.39 is 17.8 Å². The van der Waals surface area contributed by atoms with E-state index in [1.165, 1.54) is 28.0 Å². The lowest BCUT2D eigenvalue weighted by Crippen LogP contribution is -2.40. The van der Waals surface area contributed by atoms with Gasteiger partial charge < -0.3 is 14.2 Å². The Hall–Kier alpha value is -4.76. The van der Waals surface area contributed by atoms with Crippen LogP contribution in [-0.4, -0.2) is 30.9 Å². The molecule has 4 aromatic rings. The molecule has 0 spiro atoms. The Bertz CT molecular complexity index is 1810. The molecule has 0 saturated carbocycles. The van der Waals surface area contributed by atoms with Gasteiger partial charge in [0.05, 0.1) is 35.6 Å². The molecule has 9 heteroatoms. The van der Waals surface area contributed by atoms with E-state index in [0.29, 0.717) is 49.8 Å². The maximum absolute atomic E-state index is 14.0. The Labute approximate surface area is 239 Å². The molecule has 1 aromatic heterocycles. The fourth-order valence-corrected chi connectivity index (χ4v) is 5.60. The van der Waals surface area contributed by atoms with Gasteiger partial charge in [0.15, 0.2) is 16.3 Å². The molecule has 0 unspecified atom stereocenters. The summed E-state index contributed by atoms with van der Waals surface area (Å²) in [5.74, 6) is 0.0292. The highest BCUT2D eigenvalue weighted by molar-refractivity contribution is 7.07. The predicted molar refractivity (Wildman–Crippen MR) is 156 cm³/mol. The summed E-state index contributed by atoms with van der Waals surface area (Å²) in [5, 5.41) is 0. The van der Waals surface area contributed by atoms with Crippen LogP contribution in [0.1, 0.15) is 29.7 Å². The Balaban J connectivity index is 1.75. The molecule has 1 atom stereocenters. The number of hydrogen-bond acceptors (Lipinski definition) is 7. The number of nitrogens with zero attached hydrogens (tertiary/aromatic N) is 2. The number of thiazole rings is 1. The quantitative estimate of drug-likeness (QED) is 0.216. The van der Waals surface area contributed by atoms with Gasteiger partial charge in [-0.2, -0.15) is 0 Å². The number of carbonyl (C=O) groups excluding carboxylic acids is 1. The maximum Gasteiger partial charge on any atom is 0.338 e. The molecule has 7 nitrogen and oxygen atoms in total. The number of methoxy groups -OCH3 is 1. The summed E-state index contributed by atoms with van der Waals surface area (Å²) in [4.78, 5) is 32.6. The number of carbonyl (C=O) groups is 1. The second-order valence-corrected chi connectivity index (χ2v) is 10.0. The van der Waals surface area contributed by atoms with Crippen LogP contribution in [0.2, 0.25) is 0 Å². The van der Waals surface area contributed by atoms with Gasteiger partial charge in [0.25, 0.3) is 5.56 Å². The summed E-state index contributed by atoms with van der Waals surface area (Å²) in [6, 6.07) is 19.5. The van der Waals surface area contributed by atoms with Gasteiger partial charge in [-0.05, 0) is 48.4 Å². The van der Waals surface area contributed by atoms with Crippen molar-refractivity contribution in [2.75, 3.05) is 20.3 Å². The lowest BCUT2D eigenvalue weighted by molar-refractivity contribution is -0.138. The number of benzene rings is 3. The van der Waals surface area contributed by atoms with E-state index in [2.05, 4.69) is 6.58 Å². The molecular weight excluding hydrogens is 543 g/mol. The fraction of sp³-hybridized carbons (Fsp3) is 0.156. The van der Waals surface area contributed by atoms with E-state index in [1.54, 1.807) is 50.5 Å². The third-order valence-electron chi connectivity index (χ3n) is 6.40. The zero-order valence-electron chi connectivity index (χ0n) is 22.5. The number of esters is 1. The van der Waals surface area contributed by atoms with Crippen LogP contribution >= 0.6 is 11.3 Å². The summed E-state index contributed by atoms with van der Waals surface area (Å²) in [6.07, 6.45) is 3.38. The van der Waals surface area contributed by atoms with Gasteiger partial charge in [-0.25, -0.2) is 14.2 Å². The highest BCUT2D eigenvalue weighted by Gasteiger charge is 2.35. The molecule has 5 rings (SSSR count). The number of hydrogen-bond donors (Lipinski definition) is 0. The zero-order valence-corrected chi connectivity index (χ0v) is 23.3. The highest BCUT2D eigenvalue weighted by Crippen LogP contribution is 2.35. The largest absolute Gasteiger partial charge is 0.493 e. The van der Waals surface area contributed by atoms with Crippen LogP contribution < -0.4 is 24.4 Å². The topological polar surface area (TPSA) is 79.1 Å². The number of fused-ring (bicyclic) bond motifs is 1. The standard InChI is InChI=1S/C32H27FN2O5S/c1-4-17-40-24-16-11-20(18-25(24)38-3)19-26-30(36)35-29(22-12-14-23(33)15-13-22)27(31(37)39-5-2)28(34-32(35)41-26)21-9-7-6-8-10-21/h4,6-16,18-19,29H,1,5,17H2,2-3H3/b26-19-/t29-/m0/s1. The van der Waals surface area contributed by atoms with E-state index in [0.717, 1.165) is 0 Å². The molecule has 1 aliphatic rings. The van der Waals surface area contributed by atoms with E-state index in [-0.39, 0.29) is 17.7 Å². The van der Waals surface area contributed by atoms with Crippen molar-refractivity contribution in [2.45, 2.75) is 13.0 Å². The Morgan fingerprint density at radius 3 is 2.54 bits per heavy atom. The summed E-state index contributed by atoms with van der Waals surface area (Å²) < 4.78 is 32.4. The van der Waals surface area contributed by atoms with Crippen molar-refractivity contribution >= 4 is 29.1 Å². The van der Waals surface area contributed by atoms with Crippen molar-refractivity contribution in [3.63, 3.8) is 0 Å². The van der Waals surface area contributed by atoms with Crippen LogP contribution in [0, 0.1) is 5.82 Å². The molecular formula is C32H27FN2O5S. The van der Waals surface area contributed by atoms with Crippen molar-refractivity contribution in [3.05, 3.63) is 133 Å². The Morgan fingerprint density at radius 2 is 1.85 bits per heavy atom. The van der Waals surface area contributed by atoms with Crippen molar-refractivity contribution < 1.29 is 23.4 Å². The average molecular weight is 571 g/mol. The first-order chi connectivity index (χ1) is 19.9. The molecule has 208 valence electrons. The molecule has 0 fully saturated rings. The van der Waals surface area contributed by atoms with E-state index >= 15 is 0 Å². The third kappa shape index (κ3) is 5.62. The Kier molecular flexibility index (Phi) is 8.26. The molecule has 0 amide bonds. The van der Waals surface area contributed by atoms with E-state index in [9.17, 15) is 14.0 Å². The highest BCUT2D eigenvalue weighted by atomic mass is 32.1. The molecule has 2 heterocycles. The third-order valence-corrected chi connectivity index (χ3v) is 7.38. The first-order valence-corrected chi connectivity index (χ1v) is 13.7. The monoisotopic (exact) mass is 570 g/mol. The number of rotatable bonds is 9. The summed E-state index contributed by atoms with van der Waals surface area (Å²) >= 11 is 1.20. The van der Waals surface area contributed by atoms with Crippen LogP contribution in [0.15, 0.2) is 101 Å². The minimum absolute atomic E-state index is 0.138. The van der Waals surface area contributed by atoms with Gasteiger partial charge in [-0.15, -0.1) is 0 Å². The van der Waals surface area contributed by atoms with Crippen molar-refractivity contribution in [1.29, 1.82) is 0 Å². The second-order valence-electron chi connectivity index (χ2n) is 8.99. The smallest absolute Gasteiger partial charge is 0.338 e. The van der Waals surface area contributed by atoms with Crippen LogP contribution in [0.5, 0.6) is 11.5 Å².